The summed E-state index contributed by atoms with van der Waals surface area (Å²) in [4.78, 5) is 6.78. The molecule has 3 rings (SSSR count). The number of aromatic nitrogens is 1. The molecule has 0 saturated carbocycles. The van der Waals surface area contributed by atoms with E-state index >= 15 is 0 Å². The first-order valence-corrected chi connectivity index (χ1v) is 7.72. The van der Waals surface area contributed by atoms with Crippen LogP contribution in [0.3, 0.4) is 0 Å². The van der Waals surface area contributed by atoms with Gasteiger partial charge in [0.05, 0.1) is 23.7 Å². The average molecular weight is 282 g/mol. The second-order valence-corrected chi connectivity index (χ2v) is 5.71. The van der Waals surface area contributed by atoms with Crippen LogP contribution >= 0.6 is 0 Å². The molecule has 1 saturated heterocycles. The Hall–Kier alpha value is -1.87. The number of hydrogen-bond donors (Lipinski definition) is 1. The lowest BCUT2D eigenvalue weighted by molar-refractivity contribution is 0.169. The maximum atomic E-state index is 9.80. The molecule has 3 heteroatoms. The summed E-state index contributed by atoms with van der Waals surface area (Å²) in [5.74, 6) is 0.604. The van der Waals surface area contributed by atoms with Gasteiger partial charge in [0, 0.05) is 19.0 Å². The van der Waals surface area contributed by atoms with Crippen LogP contribution in [-0.2, 0) is 0 Å². The Labute approximate surface area is 126 Å². The number of aliphatic hydroxyl groups excluding tert-OH is 1. The molecule has 0 aliphatic carbocycles. The Morgan fingerprint density at radius 2 is 2.05 bits per heavy atom. The number of pyridine rings is 1. The number of benzene rings is 1. The monoisotopic (exact) mass is 282 g/mol. The maximum absolute atomic E-state index is 9.80. The lowest BCUT2D eigenvalue weighted by Gasteiger charge is -2.19. The Morgan fingerprint density at radius 1 is 1.24 bits per heavy atom. The molecule has 0 spiro atoms. The molecule has 1 aromatic carbocycles. The van der Waals surface area contributed by atoms with E-state index in [4.69, 9.17) is 0 Å². The van der Waals surface area contributed by atoms with Crippen LogP contribution in [-0.4, -0.2) is 23.2 Å². The molecule has 3 nitrogen and oxygen atoms in total. The van der Waals surface area contributed by atoms with Crippen LogP contribution in [0, 0.1) is 0 Å². The molecule has 0 radical (unpaired) electrons. The van der Waals surface area contributed by atoms with E-state index in [-0.39, 0.29) is 0 Å². The molecule has 0 amide bonds. The van der Waals surface area contributed by atoms with Crippen LogP contribution in [0.25, 0.3) is 0 Å². The van der Waals surface area contributed by atoms with Crippen LogP contribution in [0.2, 0.25) is 0 Å². The topological polar surface area (TPSA) is 36.4 Å². The fraction of sp³-hybridized carbons (Fsp3) is 0.389. The molecule has 1 aliphatic heterocycles. The standard InChI is InChI=1S/C18H22N2O/c1-2-18(21)17-9-8-16(12-19-17)20-11-10-15(13-20)14-6-4-3-5-7-14/h3-9,12,15,18,21H,2,10-11,13H2,1H3. The largest absolute Gasteiger partial charge is 0.387 e. The Bertz CT molecular complexity index is 568. The fourth-order valence-corrected chi connectivity index (χ4v) is 2.98. The minimum atomic E-state index is -0.449. The average Bonchev–Trinajstić information content (AvgIpc) is 3.05. The van der Waals surface area contributed by atoms with Gasteiger partial charge in [-0.2, -0.15) is 0 Å². The zero-order valence-electron chi connectivity index (χ0n) is 12.4. The van der Waals surface area contributed by atoms with Crippen LogP contribution in [0.5, 0.6) is 0 Å². The first-order valence-electron chi connectivity index (χ1n) is 7.72. The predicted molar refractivity (Wildman–Crippen MR) is 85.5 cm³/mol. The summed E-state index contributed by atoms with van der Waals surface area (Å²) in [5, 5.41) is 9.80. The molecule has 1 N–H and O–H groups in total. The highest BCUT2D eigenvalue weighted by Gasteiger charge is 2.24. The van der Waals surface area contributed by atoms with E-state index in [1.54, 1.807) is 0 Å². The van der Waals surface area contributed by atoms with Crippen molar-refractivity contribution in [2.24, 2.45) is 0 Å². The van der Waals surface area contributed by atoms with E-state index < -0.39 is 6.10 Å². The molecule has 2 unspecified atom stereocenters. The molecular formula is C18H22N2O. The third-order valence-electron chi connectivity index (χ3n) is 4.32. The summed E-state index contributed by atoms with van der Waals surface area (Å²) in [7, 11) is 0. The zero-order valence-corrected chi connectivity index (χ0v) is 12.4. The van der Waals surface area contributed by atoms with Crippen molar-refractivity contribution < 1.29 is 5.11 Å². The van der Waals surface area contributed by atoms with Crippen molar-refractivity contribution in [1.29, 1.82) is 0 Å². The van der Waals surface area contributed by atoms with Gasteiger partial charge in [0.1, 0.15) is 0 Å². The number of hydrogen-bond acceptors (Lipinski definition) is 3. The number of rotatable bonds is 4. The van der Waals surface area contributed by atoms with Crippen LogP contribution in [0.15, 0.2) is 48.7 Å². The lowest BCUT2D eigenvalue weighted by atomic mass is 9.99. The molecule has 0 bridgehead atoms. The Morgan fingerprint density at radius 3 is 2.71 bits per heavy atom. The van der Waals surface area contributed by atoms with Crippen molar-refractivity contribution in [3.05, 3.63) is 59.9 Å². The van der Waals surface area contributed by atoms with E-state index in [0.717, 1.165) is 24.5 Å². The minimum Gasteiger partial charge on any atom is -0.387 e. The van der Waals surface area contributed by atoms with Gasteiger partial charge in [-0.3, -0.25) is 4.98 Å². The van der Waals surface area contributed by atoms with E-state index in [1.165, 1.54) is 12.0 Å². The summed E-state index contributed by atoms with van der Waals surface area (Å²) < 4.78 is 0. The van der Waals surface area contributed by atoms with Gasteiger partial charge in [0.2, 0.25) is 0 Å². The number of aliphatic hydroxyl groups is 1. The number of nitrogens with zero attached hydrogens (tertiary/aromatic N) is 2. The lowest BCUT2D eigenvalue weighted by Crippen LogP contribution is -2.19. The van der Waals surface area contributed by atoms with Gasteiger partial charge < -0.3 is 10.0 Å². The molecule has 2 heterocycles. The molecule has 1 aromatic heterocycles. The second-order valence-electron chi connectivity index (χ2n) is 5.71. The predicted octanol–water partition coefficient (Wildman–Crippen LogP) is 3.52. The van der Waals surface area contributed by atoms with Gasteiger partial charge in [0.25, 0.3) is 0 Å². The minimum absolute atomic E-state index is 0.449. The van der Waals surface area contributed by atoms with Crippen molar-refractivity contribution in [2.45, 2.75) is 31.8 Å². The van der Waals surface area contributed by atoms with Crippen LogP contribution in [0.1, 0.15) is 43.0 Å². The third-order valence-corrected chi connectivity index (χ3v) is 4.32. The van der Waals surface area contributed by atoms with E-state index in [2.05, 4.69) is 46.3 Å². The molecule has 21 heavy (non-hydrogen) atoms. The van der Waals surface area contributed by atoms with Gasteiger partial charge in [-0.1, -0.05) is 37.3 Å². The van der Waals surface area contributed by atoms with Gasteiger partial charge >= 0.3 is 0 Å². The summed E-state index contributed by atoms with van der Waals surface area (Å²) in [6.07, 6.45) is 3.33. The fourth-order valence-electron chi connectivity index (χ4n) is 2.98. The summed E-state index contributed by atoms with van der Waals surface area (Å²) in [5.41, 5.74) is 3.34. The summed E-state index contributed by atoms with van der Waals surface area (Å²) in [6.45, 7) is 4.07. The van der Waals surface area contributed by atoms with Crippen molar-refractivity contribution in [3.63, 3.8) is 0 Å². The highest BCUT2D eigenvalue weighted by Crippen LogP contribution is 2.30. The van der Waals surface area contributed by atoms with Gasteiger partial charge in [-0.15, -0.1) is 0 Å². The molecule has 1 fully saturated rings. The molecular weight excluding hydrogens is 260 g/mol. The normalized spacial score (nSPS) is 19.7. The van der Waals surface area contributed by atoms with Gasteiger partial charge in [0.15, 0.2) is 0 Å². The van der Waals surface area contributed by atoms with Crippen molar-refractivity contribution in [1.82, 2.24) is 4.98 Å². The SMILES string of the molecule is CCC(O)c1ccc(N2CCC(c3ccccc3)C2)cn1. The van der Waals surface area contributed by atoms with Gasteiger partial charge in [-0.05, 0) is 30.5 Å². The van der Waals surface area contributed by atoms with E-state index in [9.17, 15) is 5.11 Å². The molecule has 1 aliphatic rings. The van der Waals surface area contributed by atoms with E-state index in [0.29, 0.717) is 12.3 Å². The second kappa shape index (κ2) is 6.27. The van der Waals surface area contributed by atoms with Crippen molar-refractivity contribution >= 4 is 5.69 Å². The first kappa shape index (κ1) is 14.1. The first-order chi connectivity index (χ1) is 10.3. The molecule has 2 aromatic rings. The Balaban J connectivity index is 1.69. The third kappa shape index (κ3) is 3.08. The maximum Gasteiger partial charge on any atom is 0.0957 e. The van der Waals surface area contributed by atoms with E-state index in [1.807, 2.05) is 19.2 Å². The smallest absolute Gasteiger partial charge is 0.0957 e. The van der Waals surface area contributed by atoms with Crippen molar-refractivity contribution in [3.8, 4) is 0 Å². The summed E-state index contributed by atoms with van der Waals surface area (Å²) >= 11 is 0. The quantitative estimate of drug-likeness (QED) is 0.932. The molecule has 110 valence electrons. The van der Waals surface area contributed by atoms with Gasteiger partial charge in [-0.25, -0.2) is 0 Å². The van der Waals surface area contributed by atoms with Crippen LogP contribution in [0.4, 0.5) is 5.69 Å². The number of anilines is 1. The summed E-state index contributed by atoms with van der Waals surface area (Å²) in [6, 6.07) is 14.7. The highest BCUT2D eigenvalue weighted by molar-refractivity contribution is 5.47. The van der Waals surface area contributed by atoms with Crippen LogP contribution < -0.4 is 4.90 Å². The molecule has 2 atom stereocenters. The zero-order chi connectivity index (χ0) is 14.7. The van der Waals surface area contributed by atoms with Crippen molar-refractivity contribution in [2.75, 3.05) is 18.0 Å². The Kier molecular flexibility index (Phi) is 4.20. The highest BCUT2D eigenvalue weighted by atomic mass is 16.3.